The SMILES string of the molecule is CC(C)(C)N(C(=O)O)C(C(=O)N1CCCC1)c1ccc(O)cc1. The number of hydrogen-bond donors (Lipinski definition) is 2. The van der Waals surface area contributed by atoms with E-state index in [1.807, 2.05) is 0 Å². The zero-order chi connectivity index (χ0) is 17.2. The molecule has 1 aliphatic rings. The summed E-state index contributed by atoms with van der Waals surface area (Å²) in [5.41, 5.74) is -0.166. The predicted octanol–water partition coefficient (Wildman–Crippen LogP) is 2.83. The van der Waals surface area contributed by atoms with Gasteiger partial charge in [0.05, 0.1) is 0 Å². The fourth-order valence-corrected chi connectivity index (χ4v) is 2.95. The Kier molecular flexibility index (Phi) is 4.82. The molecule has 1 heterocycles. The Hall–Kier alpha value is -2.24. The molecule has 23 heavy (non-hydrogen) atoms. The zero-order valence-electron chi connectivity index (χ0n) is 13.8. The van der Waals surface area contributed by atoms with Crippen LogP contribution in [-0.2, 0) is 4.79 Å². The van der Waals surface area contributed by atoms with Gasteiger partial charge in [-0.15, -0.1) is 0 Å². The van der Waals surface area contributed by atoms with Crippen LogP contribution in [0.2, 0.25) is 0 Å². The van der Waals surface area contributed by atoms with Crippen LogP contribution < -0.4 is 0 Å². The average molecular weight is 320 g/mol. The van der Waals surface area contributed by atoms with Crippen molar-refractivity contribution in [2.24, 2.45) is 0 Å². The van der Waals surface area contributed by atoms with Crippen LogP contribution in [0.15, 0.2) is 24.3 Å². The molecule has 0 aromatic heterocycles. The highest BCUT2D eigenvalue weighted by molar-refractivity contribution is 5.87. The first kappa shape index (κ1) is 17.1. The summed E-state index contributed by atoms with van der Waals surface area (Å²) in [6.45, 7) is 6.62. The number of phenols is 1. The van der Waals surface area contributed by atoms with Gasteiger partial charge in [0.1, 0.15) is 11.8 Å². The number of phenolic OH excluding ortho intramolecular Hbond substituents is 1. The van der Waals surface area contributed by atoms with Crippen LogP contribution in [0.4, 0.5) is 4.79 Å². The van der Waals surface area contributed by atoms with Gasteiger partial charge in [-0.1, -0.05) is 12.1 Å². The minimum Gasteiger partial charge on any atom is -0.508 e. The van der Waals surface area contributed by atoms with Gasteiger partial charge in [-0.3, -0.25) is 9.69 Å². The molecule has 6 heteroatoms. The quantitative estimate of drug-likeness (QED) is 0.897. The van der Waals surface area contributed by atoms with Gasteiger partial charge in [0.2, 0.25) is 5.91 Å². The molecule has 2 amide bonds. The minimum atomic E-state index is -1.14. The van der Waals surface area contributed by atoms with Crippen molar-refractivity contribution in [2.45, 2.75) is 45.2 Å². The number of rotatable bonds is 3. The molecule has 0 spiro atoms. The number of nitrogens with zero attached hydrogens (tertiary/aromatic N) is 2. The number of benzene rings is 1. The number of hydrogen-bond acceptors (Lipinski definition) is 3. The lowest BCUT2D eigenvalue weighted by Gasteiger charge is -2.40. The first-order chi connectivity index (χ1) is 10.7. The Balaban J connectivity index is 2.47. The smallest absolute Gasteiger partial charge is 0.408 e. The van der Waals surface area contributed by atoms with Crippen molar-refractivity contribution in [3.63, 3.8) is 0 Å². The second-order valence-corrected chi connectivity index (χ2v) is 6.85. The molecule has 1 aromatic rings. The zero-order valence-corrected chi connectivity index (χ0v) is 13.8. The van der Waals surface area contributed by atoms with Gasteiger partial charge in [0.25, 0.3) is 0 Å². The highest BCUT2D eigenvalue weighted by atomic mass is 16.4. The Morgan fingerprint density at radius 2 is 1.65 bits per heavy atom. The first-order valence-electron chi connectivity index (χ1n) is 7.82. The summed E-state index contributed by atoms with van der Waals surface area (Å²) in [6, 6.07) is 5.25. The largest absolute Gasteiger partial charge is 0.508 e. The van der Waals surface area contributed by atoms with Crippen LogP contribution in [0.3, 0.4) is 0 Å². The maximum absolute atomic E-state index is 13.0. The average Bonchev–Trinajstić information content (AvgIpc) is 2.97. The summed E-state index contributed by atoms with van der Waals surface area (Å²) in [7, 11) is 0. The second-order valence-electron chi connectivity index (χ2n) is 6.85. The number of aromatic hydroxyl groups is 1. The van der Waals surface area contributed by atoms with Crippen molar-refractivity contribution in [1.82, 2.24) is 9.80 Å². The normalized spacial score (nSPS) is 16.2. The minimum absolute atomic E-state index is 0.0822. The van der Waals surface area contributed by atoms with Gasteiger partial charge in [0, 0.05) is 18.6 Å². The van der Waals surface area contributed by atoms with Crippen molar-refractivity contribution in [3.05, 3.63) is 29.8 Å². The Bertz CT molecular complexity index is 571. The molecule has 0 aliphatic carbocycles. The van der Waals surface area contributed by atoms with E-state index < -0.39 is 17.7 Å². The van der Waals surface area contributed by atoms with Crippen LogP contribution >= 0.6 is 0 Å². The molecule has 6 nitrogen and oxygen atoms in total. The maximum atomic E-state index is 13.0. The fourth-order valence-electron chi connectivity index (χ4n) is 2.95. The molecule has 1 saturated heterocycles. The molecule has 126 valence electrons. The van der Waals surface area contributed by atoms with E-state index in [-0.39, 0.29) is 11.7 Å². The fraction of sp³-hybridized carbons (Fsp3) is 0.529. The molecule has 2 rings (SSSR count). The van der Waals surface area contributed by atoms with E-state index >= 15 is 0 Å². The number of carboxylic acid groups (broad SMARTS) is 1. The van der Waals surface area contributed by atoms with Crippen LogP contribution in [-0.4, -0.2) is 50.6 Å². The third-order valence-electron chi connectivity index (χ3n) is 4.05. The lowest BCUT2D eigenvalue weighted by Crippen LogP contribution is -2.52. The molecule has 0 saturated carbocycles. The summed E-state index contributed by atoms with van der Waals surface area (Å²) in [6.07, 6.45) is 0.746. The molecule has 0 radical (unpaired) electrons. The van der Waals surface area contributed by atoms with Gasteiger partial charge < -0.3 is 15.1 Å². The molecule has 1 unspecified atom stereocenters. The van der Waals surface area contributed by atoms with Crippen LogP contribution in [0, 0.1) is 0 Å². The van der Waals surface area contributed by atoms with E-state index in [0.29, 0.717) is 18.7 Å². The van der Waals surface area contributed by atoms with Crippen LogP contribution in [0.25, 0.3) is 0 Å². The van der Waals surface area contributed by atoms with Gasteiger partial charge in [0.15, 0.2) is 0 Å². The van der Waals surface area contributed by atoms with E-state index in [1.165, 1.54) is 17.0 Å². The van der Waals surface area contributed by atoms with Crippen molar-refractivity contribution in [2.75, 3.05) is 13.1 Å². The molecule has 2 N–H and O–H groups in total. The van der Waals surface area contributed by atoms with Gasteiger partial charge in [-0.05, 0) is 51.3 Å². The monoisotopic (exact) mass is 320 g/mol. The number of likely N-dealkylation sites (tertiary alicyclic amines) is 1. The van der Waals surface area contributed by atoms with E-state index in [2.05, 4.69) is 0 Å². The Labute approximate surface area is 136 Å². The standard InChI is InChI=1S/C17H24N2O4/c1-17(2,3)19(16(22)23)14(12-6-8-13(20)9-7-12)15(21)18-10-4-5-11-18/h6-9,14,20H,4-5,10-11H2,1-3H3,(H,22,23). The highest BCUT2D eigenvalue weighted by Crippen LogP contribution is 2.32. The Morgan fingerprint density at radius 3 is 2.09 bits per heavy atom. The third-order valence-corrected chi connectivity index (χ3v) is 4.05. The lowest BCUT2D eigenvalue weighted by molar-refractivity contribution is -0.137. The molecular formula is C17H24N2O4. The van der Waals surface area contributed by atoms with E-state index in [9.17, 15) is 19.8 Å². The molecule has 1 aromatic carbocycles. The van der Waals surface area contributed by atoms with E-state index in [4.69, 9.17) is 0 Å². The van der Waals surface area contributed by atoms with Crippen molar-refractivity contribution >= 4 is 12.0 Å². The molecule has 1 fully saturated rings. The van der Waals surface area contributed by atoms with Crippen molar-refractivity contribution in [3.8, 4) is 5.75 Å². The highest BCUT2D eigenvalue weighted by Gasteiger charge is 2.40. The predicted molar refractivity (Wildman–Crippen MR) is 86.3 cm³/mol. The molecular weight excluding hydrogens is 296 g/mol. The first-order valence-corrected chi connectivity index (χ1v) is 7.82. The van der Waals surface area contributed by atoms with Crippen molar-refractivity contribution < 1.29 is 19.8 Å². The van der Waals surface area contributed by atoms with Crippen molar-refractivity contribution in [1.29, 1.82) is 0 Å². The third kappa shape index (κ3) is 3.75. The summed E-state index contributed by atoms with van der Waals surface area (Å²) in [4.78, 5) is 27.8. The van der Waals surface area contributed by atoms with E-state index in [0.717, 1.165) is 12.8 Å². The lowest BCUT2D eigenvalue weighted by atomic mass is 9.97. The number of carbonyl (C=O) groups is 2. The summed E-state index contributed by atoms with van der Waals surface area (Å²) >= 11 is 0. The molecule has 0 bridgehead atoms. The maximum Gasteiger partial charge on any atom is 0.408 e. The summed E-state index contributed by atoms with van der Waals surface area (Å²) in [5.74, 6) is -0.121. The number of carbonyl (C=O) groups excluding carboxylic acids is 1. The van der Waals surface area contributed by atoms with Gasteiger partial charge in [-0.2, -0.15) is 0 Å². The number of amides is 2. The molecule has 1 atom stereocenters. The van der Waals surface area contributed by atoms with Crippen LogP contribution in [0.1, 0.15) is 45.2 Å². The second kappa shape index (κ2) is 6.48. The molecule has 1 aliphatic heterocycles. The van der Waals surface area contributed by atoms with E-state index in [1.54, 1.807) is 37.8 Å². The van der Waals surface area contributed by atoms with Gasteiger partial charge in [-0.25, -0.2) is 4.79 Å². The van der Waals surface area contributed by atoms with Gasteiger partial charge >= 0.3 is 6.09 Å². The summed E-state index contributed by atoms with van der Waals surface area (Å²) < 4.78 is 0. The van der Waals surface area contributed by atoms with Crippen LogP contribution in [0.5, 0.6) is 5.75 Å². The summed E-state index contributed by atoms with van der Waals surface area (Å²) in [5, 5.41) is 19.2. The Morgan fingerprint density at radius 1 is 1.13 bits per heavy atom. The topological polar surface area (TPSA) is 81.1 Å².